The highest BCUT2D eigenvalue weighted by atomic mass is 32.2. The number of hydrogen-bond donors (Lipinski definition) is 0. The third kappa shape index (κ3) is 3.14. The second-order valence-electron chi connectivity index (χ2n) is 4.70. The summed E-state index contributed by atoms with van der Waals surface area (Å²) in [5.74, 6) is -0.918. The predicted octanol–water partition coefficient (Wildman–Crippen LogP) is 3.50. The molecular weight excluding hydrogens is 370 g/mol. The molecule has 11 heteroatoms. The first-order chi connectivity index (χ1) is 11.9. The highest BCUT2D eigenvalue weighted by Gasteiger charge is 2.37. The molecule has 2 aromatic rings. The third-order valence-corrected chi connectivity index (χ3v) is 4.48. The van der Waals surface area contributed by atoms with Gasteiger partial charge in [-0.15, -0.1) is 0 Å². The van der Waals surface area contributed by atoms with Crippen molar-refractivity contribution in [1.29, 1.82) is 0 Å². The fourth-order valence-electron chi connectivity index (χ4n) is 2.13. The van der Waals surface area contributed by atoms with Crippen LogP contribution in [0.2, 0.25) is 0 Å². The first-order valence-corrected chi connectivity index (χ1v) is 7.86. The number of furan rings is 1. The van der Waals surface area contributed by atoms with Gasteiger partial charge in [0, 0.05) is 12.1 Å². The number of nitrogens with zero attached hydrogens (tertiary/aromatic N) is 3. The van der Waals surface area contributed by atoms with Crippen LogP contribution in [-0.4, -0.2) is 20.1 Å². The lowest BCUT2D eigenvalue weighted by molar-refractivity contribution is -0.402. The lowest BCUT2D eigenvalue weighted by Gasteiger charge is -2.14. The van der Waals surface area contributed by atoms with Gasteiger partial charge in [0.1, 0.15) is 16.4 Å². The minimum atomic E-state index is -0.699. The van der Waals surface area contributed by atoms with Crippen LogP contribution in [-0.2, 0) is 4.79 Å². The second-order valence-corrected chi connectivity index (χ2v) is 6.37. The lowest BCUT2D eigenvalue weighted by Crippen LogP contribution is -2.28. The minimum Gasteiger partial charge on any atom is -0.401 e. The van der Waals surface area contributed by atoms with Gasteiger partial charge in [-0.2, -0.15) is 0 Å². The van der Waals surface area contributed by atoms with Crippen molar-refractivity contribution in [3.8, 4) is 0 Å². The van der Waals surface area contributed by atoms with Gasteiger partial charge >= 0.3 is 5.88 Å². The van der Waals surface area contributed by atoms with Crippen molar-refractivity contribution in [1.82, 2.24) is 0 Å². The number of nitro groups is 2. The molecule has 1 aliphatic heterocycles. The van der Waals surface area contributed by atoms with E-state index in [1.807, 2.05) is 0 Å². The first-order valence-electron chi connectivity index (χ1n) is 6.64. The molecular formula is C14H7N3O6S2. The molecule has 1 fully saturated rings. The Bertz CT molecular complexity index is 952. The molecule has 0 N–H and O–H groups in total. The molecule has 0 spiro atoms. The van der Waals surface area contributed by atoms with E-state index < -0.39 is 21.6 Å². The number of benzene rings is 1. The smallest absolute Gasteiger partial charge is 0.401 e. The zero-order chi connectivity index (χ0) is 18.1. The Labute approximate surface area is 149 Å². The number of carbonyl (C=O) groups excluding carboxylic acids is 1. The summed E-state index contributed by atoms with van der Waals surface area (Å²) in [4.78, 5) is 34.3. The summed E-state index contributed by atoms with van der Waals surface area (Å²) in [7, 11) is 0. The molecule has 1 aromatic heterocycles. The van der Waals surface area contributed by atoms with Gasteiger partial charge in [-0.05, 0) is 12.1 Å². The number of rotatable bonds is 4. The van der Waals surface area contributed by atoms with E-state index in [4.69, 9.17) is 16.6 Å². The van der Waals surface area contributed by atoms with E-state index >= 15 is 0 Å². The summed E-state index contributed by atoms with van der Waals surface area (Å²) >= 11 is 6.08. The van der Waals surface area contributed by atoms with Crippen molar-refractivity contribution in [2.75, 3.05) is 4.90 Å². The molecule has 0 atom stereocenters. The Hall–Kier alpha value is -3.05. The molecule has 2 heterocycles. The fourth-order valence-corrected chi connectivity index (χ4v) is 3.40. The van der Waals surface area contributed by atoms with E-state index in [9.17, 15) is 25.0 Å². The molecule has 0 radical (unpaired) electrons. The summed E-state index contributed by atoms with van der Waals surface area (Å²) in [6, 6.07) is 8.24. The monoisotopic (exact) mass is 377 g/mol. The van der Waals surface area contributed by atoms with Crippen molar-refractivity contribution in [3.63, 3.8) is 0 Å². The Morgan fingerprint density at radius 2 is 1.84 bits per heavy atom. The molecule has 1 saturated heterocycles. The van der Waals surface area contributed by atoms with Crippen molar-refractivity contribution in [2.24, 2.45) is 0 Å². The predicted molar refractivity (Wildman–Crippen MR) is 94.1 cm³/mol. The van der Waals surface area contributed by atoms with Gasteiger partial charge in [-0.25, -0.2) is 0 Å². The highest BCUT2D eigenvalue weighted by Crippen LogP contribution is 2.39. The van der Waals surface area contributed by atoms with E-state index in [1.54, 1.807) is 6.07 Å². The average Bonchev–Trinajstić information content (AvgIpc) is 3.13. The molecule has 1 aromatic carbocycles. The van der Waals surface area contributed by atoms with Gasteiger partial charge in [0.2, 0.25) is 0 Å². The van der Waals surface area contributed by atoms with Gasteiger partial charge in [-0.1, -0.05) is 36.1 Å². The van der Waals surface area contributed by atoms with Crippen molar-refractivity contribution in [2.45, 2.75) is 0 Å². The molecule has 1 amide bonds. The fraction of sp³-hybridized carbons (Fsp3) is 0. The van der Waals surface area contributed by atoms with Gasteiger partial charge in [0.15, 0.2) is 4.32 Å². The van der Waals surface area contributed by atoms with Crippen molar-refractivity contribution < 1.29 is 19.1 Å². The van der Waals surface area contributed by atoms with Crippen LogP contribution in [0.4, 0.5) is 17.3 Å². The number of thiocarbonyl (C=S) groups is 1. The normalized spacial score (nSPS) is 15.8. The van der Waals surface area contributed by atoms with Crippen LogP contribution in [0.1, 0.15) is 5.76 Å². The zero-order valence-electron chi connectivity index (χ0n) is 12.1. The summed E-state index contributed by atoms with van der Waals surface area (Å²) in [6.45, 7) is 0. The van der Waals surface area contributed by atoms with E-state index in [0.717, 1.165) is 22.7 Å². The maximum Gasteiger partial charge on any atom is 0.433 e. The average molecular weight is 377 g/mol. The largest absolute Gasteiger partial charge is 0.433 e. The van der Waals surface area contributed by atoms with Gasteiger partial charge in [0.05, 0.1) is 15.9 Å². The molecule has 0 bridgehead atoms. The van der Waals surface area contributed by atoms with E-state index in [-0.39, 0.29) is 26.4 Å². The SMILES string of the molecule is O=C1/C(=C/c2ccc([N+](=O)[O-])o2)SC(=S)N1c1ccccc1[N+](=O)[O-]. The maximum absolute atomic E-state index is 12.6. The highest BCUT2D eigenvalue weighted by molar-refractivity contribution is 8.27. The number of amides is 1. The quantitative estimate of drug-likeness (QED) is 0.344. The number of thioether (sulfide) groups is 1. The van der Waals surface area contributed by atoms with E-state index in [1.165, 1.54) is 30.3 Å². The van der Waals surface area contributed by atoms with Gasteiger partial charge < -0.3 is 4.42 Å². The van der Waals surface area contributed by atoms with Crippen LogP contribution in [0, 0.1) is 20.2 Å². The van der Waals surface area contributed by atoms with Crippen molar-refractivity contribution >= 4 is 57.5 Å². The minimum absolute atomic E-state index is 0.0591. The summed E-state index contributed by atoms with van der Waals surface area (Å²) in [5.41, 5.74) is -0.197. The van der Waals surface area contributed by atoms with Crippen LogP contribution in [0.25, 0.3) is 6.08 Å². The van der Waals surface area contributed by atoms with Crippen LogP contribution < -0.4 is 4.90 Å². The molecule has 0 aliphatic carbocycles. The Morgan fingerprint density at radius 3 is 2.48 bits per heavy atom. The second kappa shape index (κ2) is 6.45. The standard InChI is InChI=1S/C14H7N3O6S2/c18-13-11(7-8-5-6-12(23-8)17(21)22)25-14(24)15(13)9-3-1-2-4-10(9)16(19)20/h1-7H/b11-7-. The Balaban J connectivity index is 1.96. The molecule has 9 nitrogen and oxygen atoms in total. The van der Waals surface area contributed by atoms with Crippen LogP contribution >= 0.6 is 24.0 Å². The van der Waals surface area contributed by atoms with Crippen LogP contribution in [0.15, 0.2) is 45.7 Å². The number of para-hydroxylation sites is 2. The molecule has 25 heavy (non-hydrogen) atoms. The number of anilines is 1. The zero-order valence-corrected chi connectivity index (χ0v) is 13.8. The molecule has 1 aliphatic rings. The molecule has 126 valence electrons. The van der Waals surface area contributed by atoms with Crippen molar-refractivity contribution in [3.05, 3.63) is 67.3 Å². The Kier molecular flexibility index (Phi) is 4.33. The lowest BCUT2D eigenvalue weighted by atomic mass is 10.2. The number of carbonyl (C=O) groups is 1. The molecule has 0 saturated carbocycles. The van der Waals surface area contributed by atoms with E-state index in [2.05, 4.69) is 0 Å². The third-order valence-electron chi connectivity index (χ3n) is 3.18. The molecule has 0 unspecified atom stereocenters. The Morgan fingerprint density at radius 1 is 1.12 bits per heavy atom. The van der Waals surface area contributed by atoms with Crippen LogP contribution in [0.5, 0.6) is 0 Å². The topological polar surface area (TPSA) is 120 Å². The maximum atomic E-state index is 12.6. The number of nitro benzene ring substituents is 1. The van der Waals surface area contributed by atoms with Gasteiger partial charge in [-0.3, -0.25) is 29.9 Å². The van der Waals surface area contributed by atoms with Gasteiger partial charge in [0.25, 0.3) is 11.6 Å². The summed E-state index contributed by atoms with van der Waals surface area (Å²) in [6.07, 6.45) is 1.31. The molecule has 3 rings (SSSR count). The first kappa shape index (κ1) is 16.8. The van der Waals surface area contributed by atoms with E-state index in [0.29, 0.717) is 0 Å². The van der Waals surface area contributed by atoms with Crippen LogP contribution in [0.3, 0.4) is 0 Å². The summed E-state index contributed by atoms with van der Waals surface area (Å²) in [5, 5.41) is 21.8. The number of hydrogen-bond acceptors (Lipinski definition) is 8. The summed E-state index contributed by atoms with van der Waals surface area (Å²) < 4.78 is 5.10.